The predicted molar refractivity (Wildman–Crippen MR) is 85.2 cm³/mol. The Kier molecular flexibility index (Phi) is 6.69. The van der Waals surface area contributed by atoms with Gasteiger partial charge in [0.25, 0.3) is 0 Å². The molecule has 0 unspecified atom stereocenters. The van der Waals surface area contributed by atoms with Gasteiger partial charge in [-0.2, -0.15) is 0 Å². The van der Waals surface area contributed by atoms with E-state index in [1.54, 1.807) is 11.8 Å². The molecule has 2 nitrogen and oxygen atoms in total. The number of hydrogen-bond donors (Lipinski definition) is 2. The average Bonchev–Trinajstić information content (AvgIpc) is 2.41. The standard InChI is InChI=1S/C14H15ClN2S.ClH/c15-10-5-7-11(8-6-10)18-14-4-2-1-3-12(14)13(17)9-16;/h1-8,13H,9,16-17H2;1H/t13-;/m1./s1. The monoisotopic (exact) mass is 314 g/mol. The third-order valence-corrected chi connectivity index (χ3v) is 3.97. The summed E-state index contributed by atoms with van der Waals surface area (Å²) in [6, 6.07) is 15.7. The van der Waals surface area contributed by atoms with Gasteiger partial charge in [0, 0.05) is 27.4 Å². The Hall–Kier alpha value is -0.710. The molecule has 4 N–H and O–H groups in total. The molecular weight excluding hydrogens is 299 g/mol. The summed E-state index contributed by atoms with van der Waals surface area (Å²) in [4.78, 5) is 2.27. The second-order valence-electron chi connectivity index (χ2n) is 3.94. The van der Waals surface area contributed by atoms with Gasteiger partial charge in [0.15, 0.2) is 0 Å². The topological polar surface area (TPSA) is 52.0 Å². The number of hydrogen-bond acceptors (Lipinski definition) is 3. The van der Waals surface area contributed by atoms with Crippen molar-refractivity contribution < 1.29 is 0 Å². The van der Waals surface area contributed by atoms with Crippen LogP contribution in [0.15, 0.2) is 58.3 Å². The average molecular weight is 315 g/mol. The fraction of sp³-hybridized carbons (Fsp3) is 0.143. The Morgan fingerprint density at radius 3 is 2.32 bits per heavy atom. The zero-order valence-corrected chi connectivity index (χ0v) is 12.6. The third-order valence-electron chi connectivity index (χ3n) is 2.61. The molecule has 0 radical (unpaired) electrons. The molecule has 0 spiro atoms. The number of benzene rings is 2. The molecule has 0 saturated carbocycles. The van der Waals surface area contributed by atoms with Crippen molar-refractivity contribution in [2.24, 2.45) is 11.5 Å². The van der Waals surface area contributed by atoms with Crippen LogP contribution in [0.2, 0.25) is 5.02 Å². The van der Waals surface area contributed by atoms with Crippen molar-refractivity contribution in [3.63, 3.8) is 0 Å². The Labute approximate surface area is 128 Å². The molecule has 0 heterocycles. The lowest BCUT2D eigenvalue weighted by Crippen LogP contribution is -2.21. The van der Waals surface area contributed by atoms with Crippen molar-refractivity contribution in [2.75, 3.05) is 6.54 Å². The molecule has 0 aliphatic carbocycles. The lowest BCUT2D eigenvalue weighted by molar-refractivity contribution is 0.722. The highest BCUT2D eigenvalue weighted by atomic mass is 35.5. The van der Waals surface area contributed by atoms with Gasteiger partial charge in [0.05, 0.1) is 0 Å². The van der Waals surface area contributed by atoms with Crippen molar-refractivity contribution in [1.29, 1.82) is 0 Å². The highest BCUT2D eigenvalue weighted by molar-refractivity contribution is 7.99. The molecule has 2 aromatic carbocycles. The van der Waals surface area contributed by atoms with E-state index < -0.39 is 0 Å². The molecule has 102 valence electrons. The number of rotatable bonds is 4. The van der Waals surface area contributed by atoms with Crippen LogP contribution in [0, 0.1) is 0 Å². The van der Waals surface area contributed by atoms with Crippen molar-refractivity contribution in [3.8, 4) is 0 Å². The van der Waals surface area contributed by atoms with Gasteiger partial charge in [-0.3, -0.25) is 0 Å². The SMILES string of the molecule is Cl.NC[C@@H](N)c1ccccc1Sc1ccc(Cl)cc1. The third kappa shape index (κ3) is 4.41. The van der Waals surface area contributed by atoms with Crippen LogP contribution in [0.25, 0.3) is 0 Å². The van der Waals surface area contributed by atoms with Crippen LogP contribution in [0.1, 0.15) is 11.6 Å². The van der Waals surface area contributed by atoms with Crippen LogP contribution < -0.4 is 11.5 Å². The molecule has 0 saturated heterocycles. The van der Waals surface area contributed by atoms with Gasteiger partial charge in [0.2, 0.25) is 0 Å². The maximum Gasteiger partial charge on any atom is 0.0430 e. The smallest absolute Gasteiger partial charge is 0.0430 e. The Balaban J connectivity index is 0.00000180. The molecule has 0 aromatic heterocycles. The Morgan fingerprint density at radius 2 is 1.68 bits per heavy atom. The molecule has 1 atom stereocenters. The first-order chi connectivity index (χ1) is 8.70. The van der Waals surface area contributed by atoms with E-state index in [0.29, 0.717) is 6.54 Å². The van der Waals surface area contributed by atoms with Crippen LogP contribution in [0.5, 0.6) is 0 Å². The molecule has 0 bridgehead atoms. The zero-order chi connectivity index (χ0) is 13.0. The molecule has 2 aromatic rings. The van der Waals surface area contributed by atoms with E-state index in [9.17, 15) is 0 Å². The molecule has 0 aliphatic rings. The zero-order valence-electron chi connectivity index (χ0n) is 10.3. The van der Waals surface area contributed by atoms with Gasteiger partial charge < -0.3 is 11.5 Å². The van der Waals surface area contributed by atoms with Gasteiger partial charge in [-0.15, -0.1) is 12.4 Å². The predicted octanol–water partition coefficient (Wildman–Crippen LogP) is 3.87. The minimum Gasteiger partial charge on any atom is -0.329 e. The van der Waals surface area contributed by atoms with E-state index in [1.165, 1.54) is 0 Å². The first-order valence-electron chi connectivity index (χ1n) is 5.68. The van der Waals surface area contributed by atoms with E-state index >= 15 is 0 Å². The number of halogens is 2. The maximum absolute atomic E-state index is 6.01. The van der Waals surface area contributed by atoms with Crippen molar-refractivity contribution in [1.82, 2.24) is 0 Å². The summed E-state index contributed by atoms with van der Waals surface area (Å²) in [5.74, 6) is 0. The van der Waals surface area contributed by atoms with Crippen LogP contribution in [-0.2, 0) is 0 Å². The summed E-state index contributed by atoms with van der Waals surface area (Å²) in [6.07, 6.45) is 0. The van der Waals surface area contributed by atoms with Gasteiger partial charge >= 0.3 is 0 Å². The van der Waals surface area contributed by atoms with Crippen LogP contribution in [0.3, 0.4) is 0 Å². The molecular formula is C14H16Cl2N2S. The summed E-state index contributed by atoms with van der Waals surface area (Å²) in [5, 5.41) is 0.742. The Morgan fingerprint density at radius 1 is 1.05 bits per heavy atom. The van der Waals surface area contributed by atoms with Gasteiger partial charge in [0.1, 0.15) is 0 Å². The second kappa shape index (κ2) is 7.78. The fourth-order valence-electron chi connectivity index (χ4n) is 1.64. The normalized spacial score (nSPS) is 11.7. The molecule has 2 rings (SSSR count). The van der Waals surface area contributed by atoms with Crippen molar-refractivity contribution >= 4 is 35.8 Å². The largest absolute Gasteiger partial charge is 0.329 e. The van der Waals surface area contributed by atoms with Gasteiger partial charge in [-0.1, -0.05) is 41.6 Å². The summed E-state index contributed by atoms with van der Waals surface area (Å²) < 4.78 is 0. The first-order valence-corrected chi connectivity index (χ1v) is 6.88. The highest BCUT2D eigenvalue weighted by Gasteiger charge is 2.09. The maximum atomic E-state index is 6.01. The minimum atomic E-state index is -0.124. The van der Waals surface area contributed by atoms with Crippen molar-refractivity contribution in [2.45, 2.75) is 15.8 Å². The van der Waals surface area contributed by atoms with E-state index in [2.05, 4.69) is 6.07 Å². The lowest BCUT2D eigenvalue weighted by atomic mass is 10.1. The molecule has 0 amide bonds. The summed E-state index contributed by atoms with van der Waals surface area (Å²) in [7, 11) is 0. The quantitative estimate of drug-likeness (QED) is 0.900. The molecule has 0 fully saturated rings. The number of nitrogens with two attached hydrogens (primary N) is 2. The highest BCUT2D eigenvalue weighted by Crippen LogP contribution is 2.32. The van der Waals surface area contributed by atoms with E-state index in [0.717, 1.165) is 20.4 Å². The molecule has 19 heavy (non-hydrogen) atoms. The molecule has 0 aliphatic heterocycles. The minimum absolute atomic E-state index is 0. The van der Waals surface area contributed by atoms with Gasteiger partial charge in [-0.25, -0.2) is 0 Å². The van der Waals surface area contributed by atoms with E-state index in [4.69, 9.17) is 23.1 Å². The van der Waals surface area contributed by atoms with E-state index in [1.807, 2.05) is 42.5 Å². The fourth-order valence-corrected chi connectivity index (χ4v) is 2.77. The lowest BCUT2D eigenvalue weighted by Gasteiger charge is -2.14. The van der Waals surface area contributed by atoms with E-state index in [-0.39, 0.29) is 18.4 Å². The van der Waals surface area contributed by atoms with Crippen molar-refractivity contribution in [3.05, 3.63) is 59.1 Å². The second-order valence-corrected chi connectivity index (χ2v) is 5.49. The summed E-state index contributed by atoms with van der Waals surface area (Å²) in [6.45, 7) is 0.443. The van der Waals surface area contributed by atoms with Crippen LogP contribution in [-0.4, -0.2) is 6.54 Å². The summed E-state index contributed by atoms with van der Waals surface area (Å²) in [5.41, 5.74) is 12.7. The van der Waals surface area contributed by atoms with Gasteiger partial charge in [-0.05, 0) is 35.9 Å². The summed E-state index contributed by atoms with van der Waals surface area (Å²) >= 11 is 7.55. The molecule has 5 heteroatoms. The first kappa shape index (κ1) is 16.3. The van der Waals surface area contributed by atoms with Crippen LogP contribution >= 0.6 is 35.8 Å². The van der Waals surface area contributed by atoms with Crippen LogP contribution in [0.4, 0.5) is 0 Å². The Bertz CT molecular complexity index is 517.